The molecule has 7 heteroatoms. The number of fused-ring (bicyclic) bond motifs is 1. The van der Waals surface area contributed by atoms with Crippen LogP contribution in [0.5, 0.6) is 0 Å². The minimum absolute atomic E-state index is 0.121. The summed E-state index contributed by atoms with van der Waals surface area (Å²) in [5, 5.41) is 11.8. The molecule has 142 valence electrons. The second kappa shape index (κ2) is 6.97. The Kier molecular flexibility index (Phi) is 4.82. The Hall–Kier alpha value is -1.40. The van der Waals surface area contributed by atoms with Crippen molar-refractivity contribution in [2.45, 2.75) is 51.2 Å². The molecule has 4 rings (SSSR count). The SMILES string of the molecule is CC1(C)CC(C(=O)N2CC3C[C@@H](Nc4ccc(Cl)nn4)C[C@@H]3C2)CCO1. The largest absolute Gasteiger partial charge is 0.376 e. The highest BCUT2D eigenvalue weighted by molar-refractivity contribution is 6.29. The third-order valence-electron chi connectivity index (χ3n) is 6.09. The van der Waals surface area contributed by atoms with E-state index in [-0.39, 0.29) is 11.5 Å². The van der Waals surface area contributed by atoms with Crippen LogP contribution in [-0.2, 0) is 9.53 Å². The molecule has 1 N–H and O–H groups in total. The van der Waals surface area contributed by atoms with Crippen molar-refractivity contribution in [3.63, 3.8) is 0 Å². The summed E-state index contributed by atoms with van der Waals surface area (Å²) in [6.07, 6.45) is 3.85. The maximum absolute atomic E-state index is 12.9. The summed E-state index contributed by atoms with van der Waals surface area (Å²) in [7, 11) is 0. The molecule has 4 atom stereocenters. The minimum atomic E-state index is -0.178. The first-order valence-corrected chi connectivity index (χ1v) is 9.96. The van der Waals surface area contributed by atoms with E-state index in [9.17, 15) is 4.79 Å². The number of hydrogen-bond acceptors (Lipinski definition) is 5. The van der Waals surface area contributed by atoms with E-state index in [1.807, 2.05) is 6.07 Å². The molecule has 3 heterocycles. The molecule has 6 nitrogen and oxygen atoms in total. The molecule has 0 bridgehead atoms. The van der Waals surface area contributed by atoms with E-state index < -0.39 is 0 Å². The van der Waals surface area contributed by atoms with Gasteiger partial charge in [-0.1, -0.05) is 11.6 Å². The van der Waals surface area contributed by atoms with Gasteiger partial charge in [-0.25, -0.2) is 0 Å². The van der Waals surface area contributed by atoms with E-state index in [1.165, 1.54) is 0 Å². The fourth-order valence-electron chi connectivity index (χ4n) is 4.90. The van der Waals surface area contributed by atoms with Crippen molar-refractivity contribution in [2.75, 3.05) is 25.0 Å². The van der Waals surface area contributed by atoms with Crippen LogP contribution in [0.3, 0.4) is 0 Å². The third-order valence-corrected chi connectivity index (χ3v) is 6.29. The highest BCUT2D eigenvalue weighted by Gasteiger charge is 2.44. The molecule has 2 saturated heterocycles. The lowest BCUT2D eigenvalue weighted by Crippen LogP contribution is -2.43. The van der Waals surface area contributed by atoms with Crippen molar-refractivity contribution < 1.29 is 9.53 Å². The molecule has 1 aromatic heterocycles. The molecule has 1 aromatic rings. The molecular formula is C19H27ClN4O2. The van der Waals surface area contributed by atoms with Crippen LogP contribution in [0.15, 0.2) is 12.1 Å². The van der Waals surface area contributed by atoms with Gasteiger partial charge in [0.25, 0.3) is 0 Å². The lowest BCUT2D eigenvalue weighted by molar-refractivity contribution is -0.144. The maximum atomic E-state index is 12.9. The zero-order chi connectivity index (χ0) is 18.3. The molecule has 0 radical (unpaired) electrons. The van der Waals surface area contributed by atoms with Gasteiger partial charge < -0.3 is 15.0 Å². The van der Waals surface area contributed by atoms with E-state index in [1.54, 1.807) is 6.07 Å². The number of carbonyl (C=O) groups is 1. The lowest BCUT2D eigenvalue weighted by Gasteiger charge is -2.36. The van der Waals surface area contributed by atoms with Crippen molar-refractivity contribution in [3.05, 3.63) is 17.3 Å². The number of carbonyl (C=O) groups excluding carboxylic acids is 1. The van der Waals surface area contributed by atoms with Crippen LogP contribution in [0, 0.1) is 17.8 Å². The van der Waals surface area contributed by atoms with Gasteiger partial charge in [0.1, 0.15) is 5.82 Å². The molecule has 1 saturated carbocycles. The second-order valence-electron chi connectivity index (χ2n) is 8.62. The van der Waals surface area contributed by atoms with Gasteiger partial charge in [0.05, 0.1) is 5.60 Å². The van der Waals surface area contributed by atoms with Gasteiger partial charge in [-0.3, -0.25) is 4.79 Å². The Morgan fingerprint density at radius 2 is 2.00 bits per heavy atom. The first kappa shape index (κ1) is 18.0. The number of ether oxygens (including phenoxy) is 1. The quantitative estimate of drug-likeness (QED) is 0.875. The first-order valence-electron chi connectivity index (χ1n) is 9.58. The highest BCUT2D eigenvalue weighted by Crippen LogP contribution is 2.40. The summed E-state index contributed by atoms with van der Waals surface area (Å²) >= 11 is 5.79. The van der Waals surface area contributed by atoms with E-state index >= 15 is 0 Å². The Labute approximate surface area is 159 Å². The van der Waals surface area contributed by atoms with Crippen LogP contribution >= 0.6 is 11.6 Å². The fraction of sp³-hybridized carbons (Fsp3) is 0.737. The number of amides is 1. The zero-order valence-electron chi connectivity index (χ0n) is 15.4. The summed E-state index contributed by atoms with van der Waals surface area (Å²) in [4.78, 5) is 15.1. The number of anilines is 1. The lowest BCUT2D eigenvalue weighted by atomic mass is 9.87. The molecule has 0 aromatic carbocycles. The molecule has 2 unspecified atom stereocenters. The number of likely N-dealkylation sites (tertiary alicyclic amines) is 1. The molecule has 1 amide bonds. The van der Waals surface area contributed by atoms with Crippen molar-refractivity contribution >= 4 is 23.3 Å². The number of aromatic nitrogens is 2. The van der Waals surface area contributed by atoms with Crippen molar-refractivity contribution in [1.29, 1.82) is 0 Å². The van der Waals surface area contributed by atoms with Crippen LogP contribution in [0.1, 0.15) is 39.5 Å². The summed E-state index contributed by atoms with van der Waals surface area (Å²) in [5.41, 5.74) is -0.178. The Morgan fingerprint density at radius 3 is 2.62 bits per heavy atom. The van der Waals surface area contributed by atoms with Crippen molar-refractivity contribution in [1.82, 2.24) is 15.1 Å². The van der Waals surface area contributed by atoms with Crippen LogP contribution in [0.4, 0.5) is 5.82 Å². The van der Waals surface area contributed by atoms with Gasteiger partial charge >= 0.3 is 0 Å². The topological polar surface area (TPSA) is 67.4 Å². The predicted octanol–water partition coefficient (Wildman–Crippen LogP) is 2.98. The van der Waals surface area contributed by atoms with E-state index in [2.05, 4.69) is 34.3 Å². The van der Waals surface area contributed by atoms with Crippen molar-refractivity contribution in [3.8, 4) is 0 Å². The molecular weight excluding hydrogens is 352 g/mol. The van der Waals surface area contributed by atoms with Crippen molar-refractivity contribution in [2.24, 2.45) is 17.8 Å². The normalized spacial score (nSPS) is 33.1. The summed E-state index contributed by atoms with van der Waals surface area (Å²) in [6.45, 7) is 6.65. The molecule has 1 aliphatic carbocycles. The first-order chi connectivity index (χ1) is 12.4. The molecule has 26 heavy (non-hydrogen) atoms. The van der Waals surface area contributed by atoms with Gasteiger partial charge in [-0.15, -0.1) is 10.2 Å². The maximum Gasteiger partial charge on any atom is 0.225 e. The minimum Gasteiger partial charge on any atom is -0.376 e. The summed E-state index contributed by atoms with van der Waals surface area (Å²) in [5.74, 6) is 2.41. The Morgan fingerprint density at radius 1 is 1.27 bits per heavy atom. The Bertz CT molecular complexity index is 652. The van der Waals surface area contributed by atoms with Crippen LogP contribution < -0.4 is 5.32 Å². The fourth-order valence-corrected chi connectivity index (χ4v) is 5.00. The number of nitrogens with one attached hydrogen (secondary N) is 1. The summed E-state index contributed by atoms with van der Waals surface area (Å²) < 4.78 is 5.76. The molecule has 3 aliphatic rings. The van der Waals surface area contributed by atoms with Crippen LogP contribution in [0.2, 0.25) is 5.15 Å². The van der Waals surface area contributed by atoms with Gasteiger partial charge in [0, 0.05) is 31.7 Å². The average molecular weight is 379 g/mol. The molecule has 3 fully saturated rings. The molecule has 0 spiro atoms. The van der Waals surface area contributed by atoms with E-state index in [0.29, 0.717) is 35.5 Å². The van der Waals surface area contributed by atoms with Crippen LogP contribution in [0.25, 0.3) is 0 Å². The number of hydrogen-bond donors (Lipinski definition) is 1. The smallest absolute Gasteiger partial charge is 0.225 e. The average Bonchev–Trinajstić information content (AvgIpc) is 3.14. The van der Waals surface area contributed by atoms with Gasteiger partial charge in [0.15, 0.2) is 5.15 Å². The third kappa shape index (κ3) is 3.81. The molecule has 2 aliphatic heterocycles. The number of halogens is 1. The number of rotatable bonds is 3. The Balaban J connectivity index is 1.30. The highest BCUT2D eigenvalue weighted by atomic mass is 35.5. The zero-order valence-corrected chi connectivity index (χ0v) is 16.2. The van der Waals surface area contributed by atoms with E-state index in [4.69, 9.17) is 16.3 Å². The standard InChI is InChI=1S/C19H27ClN4O2/c1-19(2)9-12(5-6-26-19)18(25)24-10-13-7-15(8-14(13)11-24)21-17-4-3-16(20)22-23-17/h3-4,12-15H,5-11H2,1-2H3,(H,21,23)/t12?,13-,14?,15+/m1/s1. The van der Waals surface area contributed by atoms with Gasteiger partial charge in [0.2, 0.25) is 5.91 Å². The van der Waals surface area contributed by atoms with Gasteiger partial charge in [-0.05, 0) is 63.5 Å². The second-order valence-corrected chi connectivity index (χ2v) is 9.00. The monoisotopic (exact) mass is 378 g/mol. The predicted molar refractivity (Wildman–Crippen MR) is 100 cm³/mol. The summed E-state index contributed by atoms with van der Waals surface area (Å²) in [6, 6.07) is 4.02. The van der Waals surface area contributed by atoms with E-state index in [0.717, 1.165) is 44.6 Å². The van der Waals surface area contributed by atoms with Gasteiger partial charge in [-0.2, -0.15) is 0 Å². The van der Waals surface area contributed by atoms with Crippen LogP contribution in [-0.4, -0.2) is 52.3 Å². The number of nitrogens with zero attached hydrogens (tertiary/aromatic N) is 3.